The molecule has 9 rings (SSSR count). The zero-order chi connectivity index (χ0) is 65.3. The second kappa shape index (κ2) is 35.1. The number of carbonyl (C=O) groups excluding carboxylic acids is 2. The van der Waals surface area contributed by atoms with Crippen LogP contribution in [-0.2, 0) is 27.9 Å². The third-order valence-corrected chi connectivity index (χ3v) is 14.9. The molecule has 3 fully saturated rings. The Morgan fingerprint density at radius 3 is 1.07 bits per heavy atom. The fraction of sp³-hybridized carbons (Fsp3) is 0.424. The number of benzene rings is 6. The number of rotatable bonds is 7. The third kappa shape index (κ3) is 23.4. The molecule has 0 radical (unpaired) electrons. The number of carbonyl (C=O) groups is 2. The van der Waals surface area contributed by atoms with Crippen LogP contribution >= 0.6 is 27.5 Å². The predicted molar refractivity (Wildman–Crippen MR) is 362 cm³/mol. The van der Waals surface area contributed by atoms with E-state index in [1.807, 2.05) is 262 Å². The van der Waals surface area contributed by atoms with Crippen molar-refractivity contribution in [3.63, 3.8) is 0 Å². The van der Waals surface area contributed by atoms with Gasteiger partial charge in [-0.1, -0.05) is 149 Å². The summed E-state index contributed by atoms with van der Waals surface area (Å²) in [6.45, 7) is 44.4. The van der Waals surface area contributed by atoms with E-state index in [1.165, 1.54) is 12.1 Å². The van der Waals surface area contributed by atoms with E-state index in [0.29, 0.717) is 11.1 Å². The van der Waals surface area contributed by atoms with Crippen molar-refractivity contribution >= 4 is 99.2 Å². The molecule has 0 bridgehead atoms. The van der Waals surface area contributed by atoms with E-state index in [9.17, 15) is 19.7 Å². The number of nitrogens with two attached hydrogens (primary N) is 2. The van der Waals surface area contributed by atoms with Crippen LogP contribution in [0.3, 0.4) is 0 Å². The number of hydrogen-bond donors (Lipinski definition) is 3. The molecular weight excluding hydrogens is 1160 g/mol. The first kappa shape index (κ1) is 77.2. The van der Waals surface area contributed by atoms with Crippen molar-refractivity contribution < 1.29 is 42.4 Å². The van der Waals surface area contributed by atoms with Crippen LogP contribution in [0.5, 0.6) is 0 Å². The molecule has 3 saturated heterocycles. The Bertz CT molecular complexity index is 2870. The highest BCUT2D eigenvalue weighted by molar-refractivity contribution is 9.10. The molecule has 14 nitrogen and oxygen atoms in total. The van der Waals surface area contributed by atoms with Crippen molar-refractivity contribution in [3.8, 4) is 0 Å². The number of nitro benzene ring substituents is 1. The molecule has 6 aromatic rings. The summed E-state index contributed by atoms with van der Waals surface area (Å²) in [6, 6.07) is 43.8. The number of nitrogens with zero attached hydrogens (tertiary/aromatic N) is 1. The van der Waals surface area contributed by atoms with Crippen molar-refractivity contribution in [2.24, 2.45) is 0 Å². The van der Waals surface area contributed by atoms with Crippen LogP contribution in [0.4, 0.5) is 22.7 Å². The first-order valence-corrected chi connectivity index (χ1v) is 30.3. The van der Waals surface area contributed by atoms with Gasteiger partial charge in [0.25, 0.3) is 16.8 Å². The quantitative estimate of drug-likeness (QED) is 0.0450. The third-order valence-electron chi connectivity index (χ3n) is 14.2. The molecular formula is C66H95B3BrClN4O10. The van der Waals surface area contributed by atoms with Crippen LogP contribution in [0, 0.1) is 24.0 Å². The van der Waals surface area contributed by atoms with Crippen molar-refractivity contribution in [2.75, 3.05) is 16.8 Å². The molecule has 19 heteroatoms. The van der Waals surface area contributed by atoms with Gasteiger partial charge < -0.3 is 44.7 Å². The molecule has 0 atom stereocenters. The molecule has 462 valence electrons. The Hall–Kier alpha value is -5.82. The number of nitrogens with one attached hydrogen (secondary N) is 1. The van der Waals surface area contributed by atoms with E-state index in [0.717, 1.165) is 49.1 Å². The Labute approximate surface area is 523 Å². The maximum Gasteiger partial charge on any atom is 0.494 e. The van der Waals surface area contributed by atoms with Gasteiger partial charge in [0.1, 0.15) is 0 Å². The molecule has 85 heavy (non-hydrogen) atoms. The Morgan fingerprint density at radius 1 is 0.471 bits per heavy atom. The minimum absolute atomic E-state index is 0.106. The standard InChI is InChI=1S/C20H24BNO3.2C12H18BNO2.C8H7ClO.C6H4BrNO2.4C2H6/c1-14-9-11-15(12-10-14)18(23)22-17-8-6-7-16(13-17)21-24-19(2,3)20(4,5)25-21;2*1-11(2)12(3,4)16-13(15-11)9-6-5-7-10(14)8-9;1-6-2-4-7(5-3-6)8(9)10;7-5-2-1-3-6(4-5)8(9)10;4*1-2/h6-13H,1-5H3,(H,22,23);2*5-8H,14H2,1-4H3;2-5H,1H3;1-4H;4*1-2H3. The van der Waals surface area contributed by atoms with E-state index in [4.69, 9.17) is 51.0 Å². The zero-order valence-electron chi connectivity index (χ0n) is 54.5. The number of nitro groups is 1. The molecule has 3 aliphatic heterocycles. The molecule has 0 aromatic heterocycles. The van der Waals surface area contributed by atoms with Crippen LogP contribution in [0.15, 0.2) is 150 Å². The largest absolute Gasteiger partial charge is 0.494 e. The summed E-state index contributed by atoms with van der Waals surface area (Å²) in [5.41, 5.74) is 18.1. The van der Waals surface area contributed by atoms with E-state index in [1.54, 1.807) is 24.3 Å². The molecule has 6 aromatic carbocycles. The number of anilines is 3. The smallest absolute Gasteiger partial charge is 0.399 e. The predicted octanol–water partition coefficient (Wildman–Crippen LogP) is 15.5. The zero-order valence-corrected chi connectivity index (χ0v) is 56.9. The second-order valence-electron chi connectivity index (χ2n) is 21.9. The molecule has 1 amide bonds. The molecule has 3 heterocycles. The number of halogens is 2. The van der Waals surface area contributed by atoms with Crippen LogP contribution in [0.25, 0.3) is 0 Å². The van der Waals surface area contributed by atoms with Crippen molar-refractivity contribution in [1.82, 2.24) is 0 Å². The maximum absolute atomic E-state index is 12.4. The first-order chi connectivity index (χ1) is 39.7. The van der Waals surface area contributed by atoms with Gasteiger partial charge in [0.2, 0.25) is 0 Å². The van der Waals surface area contributed by atoms with Crippen molar-refractivity contribution in [3.05, 3.63) is 182 Å². The average molecular weight is 1250 g/mol. The Balaban J connectivity index is 0.000000534. The van der Waals surface area contributed by atoms with Crippen LogP contribution in [0.2, 0.25) is 0 Å². The van der Waals surface area contributed by atoms with E-state index in [2.05, 4.69) is 21.2 Å². The lowest BCUT2D eigenvalue weighted by Crippen LogP contribution is -2.41. The van der Waals surface area contributed by atoms with Gasteiger partial charge in [-0.3, -0.25) is 19.7 Å². The molecule has 5 N–H and O–H groups in total. The van der Waals surface area contributed by atoms with Crippen LogP contribution in [0.1, 0.15) is 170 Å². The highest BCUT2D eigenvalue weighted by Crippen LogP contribution is 2.39. The van der Waals surface area contributed by atoms with Gasteiger partial charge >= 0.3 is 21.4 Å². The molecule has 3 aliphatic rings. The summed E-state index contributed by atoms with van der Waals surface area (Å²) in [4.78, 5) is 32.6. The number of hydrogen-bond acceptors (Lipinski definition) is 12. The lowest BCUT2D eigenvalue weighted by Gasteiger charge is -2.32. The van der Waals surface area contributed by atoms with E-state index < -0.39 is 28.5 Å². The van der Waals surface area contributed by atoms with Gasteiger partial charge in [0.05, 0.1) is 38.5 Å². The summed E-state index contributed by atoms with van der Waals surface area (Å²) in [5, 5.41) is 12.7. The molecule has 0 saturated carbocycles. The lowest BCUT2D eigenvalue weighted by atomic mass is 9.79. The molecule has 0 unspecified atom stereocenters. The van der Waals surface area contributed by atoms with Gasteiger partial charge in [-0.15, -0.1) is 0 Å². The van der Waals surface area contributed by atoms with Crippen LogP contribution in [-0.4, -0.2) is 71.0 Å². The van der Waals surface area contributed by atoms with Gasteiger partial charge in [0.15, 0.2) is 0 Å². The fourth-order valence-corrected chi connectivity index (χ4v) is 7.81. The molecule has 0 aliphatic carbocycles. The average Bonchev–Trinajstić information content (AvgIpc) is 3.68. The lowest BCUT2D eigenvalue weighted by molar-refractivity contribution is -0.384. The number of amides is 1. The van der Waals surface area contributed by atoms with Crippen molar-refractivity contribution in [1.29, 1.82) is 0 Å². The number of non-ortho nitro benzene ring substituents is 1. The minimum Gasteiger partial charge on any atom is -0.399 e. The Kier molecular flexibility index (Phi) is 31.9. The summed E-state index contributed by atoms with van der Waals surface area (Å²) in [6.07, 6.45) is 0. The van der Waals surface area contributed by atoms with Gasteiger partial charge in [-0.25, -0.2) is 0 Å². The second-order valence-corrected chi connectivity index (χ2v) is 23.2. The highest BCUT2D eigenvalue weighted by atomic mass is 79.9. The summed E-state index contributed by atoms with van der Waals surface area (Å²) in [7, 11) is -1.09. The van der Waals surface area contributed by atoms with Gasteiger partial charge in [0, 0.05) is 44.8 Å². The SMILES string of the molecule is CC.CC.CC.CC.CC1(C)OB(c2cccc(N)c2)OC1(C)C.CC1(C)OB(c2cccc(N)c2)OC1(C)C.Cc1ccc(C(=O)Cl)cc1.Cc1ccc(C(=O)Nc2cccc(B3OC(C)(C)C(C)(C)O3)c2)cc1.O=[N+]([O-])c1cccc(Br)c1. The summed E-state index contributed by atoms with van der Waals surface area (Å²) >= 11 is 8.34. The van der Waals surface area contributed by atoms with Gasteiger partial charge in [-0.05, 0) is 192 Å². The summed E-state index contributed by atoms with van der Waals surface area (Å²) < 4.78 is 36.6. The normalized spacial score (nSPS) is 16.3. The first-order valence-electron chi connectivity index (χ1n) is 29.1. The van der Waals surface area contributed by atoms with E-state index >= 15 is 0 Å². The Morgan fingerprint density at radius 2 is 0.776 bits per heavy atom. The van der Waals surface area contributed by atoms with Crippen molar-refractivity contribution in [2.45, 2.75) is 186 Å². The topological polar surface area (TPSA) is 197 Å². The van der Waals surface area contributed by atoms with Gasteiger partial charge in [-0.2, -0.15) is 0 Å². The number of aryl methyl sites for hydroxylation is 2. The van der Waals surface area contributed by atoms with E-state index in [-0.39, 0.29) is 48.2 Å². The maximum atomic E-state index is 12.4. The monoisotopic (exact) mass is 1250 g/mol. The summed E-state index contributed by atoms with van der Waals surface area (Å²) in [5.74, 6) is -0.133. The fourth-order valence-electron chi connectivity index (χ4n) is 7.29. The minimum atomic E-state index is -0.443. The van der Waals surface area contributed by atoms with Crippen LogP contribution < -0.4 is 33.2 Å². The number of nitrogen functional groups attached to an aromatic ring is 2. The molecule has 0 spiro atoms. The highest BCUT2D eigenvalue weighted by Gasteiger charge is 2.53.